The smallest absolute Gasteiger partial charge is 0.264 e. The van der Waals surface area contributed by atoms with Crippen molar-refractivity contribution in [1.29, 1.82) is 0 Å². The summed E-state index contributed by atoms with van der Waals surface area (Å²) in [6, 6.07) is 3.82. The van der Waals surface area contributed by atoms with Crippen LogP contribution in [0.5, 0.6) is 0 Å². The fourth-order valence-corrected chi connectivity index (χ4v) is 3.40. The van der Waals surface area contributed by atoms with Crippen molar-refractivity contribution in [2.45, 2.75) is 32.2 Å². The van der Waals surface area contributed by atoms with Crippen LogP contribution in [0.3, 0.4) is 0 Å². The molecule has 3 rings (SSSR count). The third-order valence-corrected chi connectivity index (χ3v) is 4.69. The van der Waals surface area contributed by atoms with E-state index in [1.165, 1.54) is 6.07 Å². The van der Waals surface area contributed by atoms with Gasteiger partial charge in [0.25, 0.3) is 11.8 Å². The van der Waals surface area contributed by atoms with Crippen LogP contribution < -0.4 is 16.0 Å². The topological polar surface area (TPSA) is 125 Å². The number of hydrogen-bond acceptors (Lipinski definition) is 6. The number of fused-ring (bicyclic) bond motifs is 1. The highest BCUT2D eigenvalue weighted by atomic mass is 16.2. The van der Waals surface area contributed by atoms with Gasteiger partial charge in [-0.25, -0.2) is 0 Å². The third-order valence-electron chi connectivity index (χ3n) is 4.69. The van der Waals surface area contributed by atoms with E-state index in [-0.39, 0.29) is 36.3 Å². The minimum atomic E-state index is -1.01. The first-order valence-electron chi connectivity index (χ1n) is 9.29. The number of piperidine rings is 1. The van der Waals surface area contributed by atoms with Crippen LogP contribution in [0.4, 0.5) is 5.69 Å². The molecule has 2 aliphatic heterocycles. The van der Waals surface area contributed by atoms with Gasteiger partial charge in [0.05, 0.1) is 11.1 Å². The number of amides is 5. The maximum Gasteiger partial charge on any atom is 0.264 e. The van der Waals surface area contributed by atoms with Crippen LogP contribution in [0, 0.1) is 0 Å². The van der Waals surface area contributed by atoms with Crippen LogP contribution in [-0.2, 0) is 14.4 Å². The van der Waals surface area contributed by atoms with E-state index in [4.69, 9.17) is 0 Å². The zero-order valence-electron chi connectivity index (χ0n) is 16.0. The van der Waals surface area contributed by atoms with Crippen molar-refractivity contribution in [3.63, 3.8) is 0 Å². The Morgan fingerprint density at radius 2 is 1.97 bits per heavy atom. The van der Waals surface area contributed by atoms with Crippen LogP contribution in [0.15, 0.2) is 30.4 Å². The van der Waals surface area contributed by atoms with Crippen molar-refractivity contribution in [1.82, 2.24) is 15.5 Å². The van der Waals surface area contributed by atoms with Gasteiger partial charge in [-0.1, -0.05) is 18.2 Å². The molecule has 29 heavy (non-hydrogen) atoms. The van der Waals surface area contributed by atoms with Crippen LogP contribution in [0.2, 0.25) is 0 Å². The van der Waals surface area contributed by atoms with Crippen molar-refractivity contribution in [2.24, 2.45) is 0 Å². The highest BCUT2D eigenvalue weighted by Crippen LogP contribution is 2.32. The summed E-state index contributed by atoms with van der Waals surface area (Å²) < 4.78 is 0. The molecule has 1 aromatic rings. The first kappa shape index (κ1) is 20.2. The maximum absolute atomic E-state index is 12.9. The Hall–Kier alpha value is -3.49. The van der Waals surface area contributed by atoms with Gasteiger partial charge < -0.3 is 10.6 Å². The Morgan fingerprint density at radius 1 is 1.21 bits per heavy atom. The summed E-state index contributed by atoms with van der Waals surface area (Å²) >= 11 is 0. The number of rotatable bonds is 7. The molecule has 0 aromatic heterocycles. The average Bonchev–Trinajstić information content (AvgIpc) is 2.90. The molecule has 0 aliphatic carbocycles. The van der Waals surface area contributed by atoms with Crippen molar-refractivity contribution in [3.05, 3.63) is 41.5 Å². The summed E-state index contributed by atoms with van der Waals surface area (Å²) in [5.41, 5.74) is 1.60. The van der Waals surface area contributed by atoms with Gasteiger partial charge >= 0.3 is 0 Å². The molecule has 0 spiro atoms. The fraction of sp³-hybridized carbons (Fsp3) is 0.350. The lowest BCUT2D eigenvalue weighted by molar-refractivity contribution is -0.136. The lowest BCUT2D eigenvalue weighted by atomic mass is 10.0. The van der Waals surface area contributed by atoms with E-state index >= 15 is 0 Å². The van der Waals surface area contributed by atoms with Gasteiger partial charge in [0.1, 0.15) is 6.04 Å². The summed E-state index contributed by atoms with van der Waals surface area (Å²) in [6.07, 6.45) is 0.418. The molecule has 2 heterocycles. The van der Waals surface area contributed by atoms with Crippen LogP contribution in [0.25, 0.3) is 0 Å². The van der Waals surface area contributed by atoms with Gasteiger partial charge in [-0.2, -0.15) is 0 Å². The molecule has 152 valence electrons. The molecular formula is C20H22N4O5. The lowest BCUT2D eigenvalue weighted by Crippen LogP contribution is -2.54. The zero-order chi connectivity index (χ0) is 21.1. The van der Waals surface area contributed by atoms with E-state index < -0.39 is 29.7 Å². The zero-order valence-corrected chi connectivity index (χ0v) is 16.0. The quantitative estimate of drug-likeness (QED) is 0.351. The minimum absolute atomic E-state index is 0.0683. The molecule has 0 bridgehead atoms. The van der Waals surface area contributed by atoms with E-state index in [2.05, 4.69) is 22.5 Å². The van der Waals surface area contributed by atoms with Gasteiger partial charge in [-0.15, -0.1) is 0 Å². The Balaban J connectivity index is 1.70. The second kappa shape index (κ2) is 8.26. The van der Waals surface area contributed by atoms with Gasteiger partial charge in [-0.3, -0.25) is 34.2 Å². The molecule has 3 N–H and O–H groups in total. The number of nitrogens with one attached hydrogen (secondary N) is 3. The minimum Gasteiger partial charge on any atom is -0.383 e. The molecule has 1 saturated heterocycles. The van der Waals surface area contributed by atoms with Crippen LogP contribution >= 0.6 is 0 Å². The van der Waals surface area contributed by atoms with Gasteiger partial charge in [0, 0.05) is 31.6 Å². The highest BCUT2D eigenvalue weighted by Gasteiger charge is 2.45. The molecule has 9 nitrogen and oxygen atoms in total. The molecule has 5 amide bonds. The monoisotopic (exact) mass is 398 g/mol. The van der Waals surface area contributed by atoms with E-state index in [9.17, 15) is 24.0 Å². The van der Waals surface area contributed by atoms with E-state index in [0.29, 0.717) is 18.8 Å². The molecule has 0 saturated carbocycles. The summed E-state index contributed by atoms with van der Waals surface area (Å²) in [4.78, 5) is 61.8. The number of anilines is 1. The van der Waals surface area contributed by atoms with Crippen molar-refractivity contribution in [2.75, 3.05) is 18.4 Å². The maximum atomic E-state index is 12.9. The van der Waals surface area contributed by atoms with Crippen molar-refractivity contribution >= 4 is 35.2 Å². The van der Waals surface area contributed by atoms with Crippen molar-refractivity contribution < 1.29 is 24.0 Å². The molecule has 1 unspecified atom stereocenters. The average molecular weight is 398 g/mol. The normalized spacial score (nSPS) is 18.4. The SMILES string of the molecule is C=C(C)CC(=O)NCCNc1cccc2c1C(=O)N(C1CCC(=O)NC1=O)C2=O. The second-order valence-corrected chi connectivity index (χ2v) is 7.09. The Labute approximate surface area is 167 Å². The second-order valence-electron chi connectivity index (χ2n) is 7.09. The molecule has 1 atom stereocenters. The predicted octanol–water partition coefficient (Wildman–Crippen LogP) is 0.582. The standard InChI is InChI=1S/C20H22N4O5/c1-11(2)10-16(26)22-9-8-21-13-5-3-4-12-17(13)20(29)24(19(12)28)14-6-7-15(25)23-18(14)27/h3-5,14,21H,1,6-10H2,2H3,(H,22,26)(H,23,25,27). The molecule has 0 radical (unpaired) electrons. The van der Waals surface area contributed by atoms with Crippen LogP contribution in [0.1, 0.15) is 46.9 Å². The third kappa shape index (κ3) is 4.18. The molecular weight excluding hydrogens is 376 g/mol. The van der Waals surface area contributed by atoms with Gasteiger partial charge in [0.2, 0.25) is 17.7 Å². The Kier molecular flexibility index (Phi) is 5.76. The number of carbonyl (C=O) groups is 5. The number of hydrogen-bond donors (Lipinski definition) is 3. The number of imide groups is 2. The first-order chi connectivity index (χ1) is 13.8. The number of benzene rings is 1. The number of carbonyl (C=O) groups excluding carboxylic acids is 5. The molecule has 2 aliphatic rings. The van der Waals surface area contributed by atoms with Crippen LogP contribution in [-0.4, -0.2) is 53.6 Å². The number of nitrogens with zero attached hydrogens (tertiary/aromatic N) is 1. The van der Waals surface area contributed by atoms with E-state index in [1.54, 1.807) is 19.1 Å². The van der Waals surface area contributed by atoms with Gasteiger partial charge in [-0.05, 0) is 25.5 Å². The summed E-state index contributed by atoms with van der Waals surface area (Å²) in [5.74, 6) is -2.34. The van der Waals surface area contributed by atoms with E-state index in [1.807, 2.05) is 0 Å². The fourth-order valence-electron chi connectivity index (χ4n) is 3.40. The largest absolute Gasteiger partial charge is 0.383 e. The van der Waals surface area contributed by atoms with Crippen molar-refractivity contribution in [3.8, 4) is 0 Å². The van der Waals surface area contributed by atoms with Gasteiger partial charge in [0.15, 0.2) is 0 Å². The Bertz CT molecular complexity index is 923. The predicted molar refractivity (Wildman–Crippen MR) is 104 cm³/mol. The highest BCUT2D eigenvalue weighted by molar-refractivity contribution is 6.25. The molecule has 1 fully saturated rings. The first-order valence-corrected chi connectivity index (χ1v) is 9.29. The Morgan fingerprint density at radius 3 is 2.66 bits per heavy atom. The molecule has 9 heteroatoms. The summed E-state index contributed by atoms with van der Waals surface area (Å²) in [6.45, 7) is 6.12. The summed E-state index contributed by atoms with van der Waals surface area (Å²) in [7, 11) is 0. The lowest BCUT2D eigenvalue weighted by Gasteiger charge is -2.27. The molecule has 1 aromatic carbocycles. The summed E-state index contributed by atoms with van der Waals surface area (Å²) in [5, 5.41) is 7.96. The van der Waals surface area contributed by atoms with E-state index in [0.717, 1.165) is 10.5 Å².